The van der Waals surface area contributed by atoms with Gasteiger partial charge in [0.25, 0.3) is 0 Å². The molecule has 1 aromatic rings. The Kier molecular flexibility index (Phi) is 4.51. The van der Waals surface area contributed by atoms with Crippen molar-refractivity contribution in [1.29, 1.82) is 0 Å². The molecule has 5 nitrogen and oxygen atoms in total. The van der Waals surface area contributed by atoms with Gasteiger partial charge in [0.15, 0.2) is 5.75 Å². The van der Waals surface area contributed by atoms with Gasteiger partial charge in [-0.25, -0.2) is 0 Å². The van der Waals surface area contributed by atoms with Crippen LogP contribution in [0.5, 0.6) is 5.75 Å². The maximum atomic E-state index is 11.4. The number of carbonyl (C=O) groups is 2. The summed E-state index contributed by atoms with van der Waals surface area (Å²) >= 11 is 3.18. The highest BCUT2D eigenvalue weighted by atomic mass is 79.9. The molecular weight excluding hydrogens is 288 g/mol. The molecule has 0 spiro atoms. The van der Waals surface area contributed by atoms with Crippen molar-refractivity contribution >= 4 is 33.4 Å². The first-order chi connectivity index (χ1) is 7.90. The van der Waals surface area contributed by atoms with Crippen LogP contribution in [0.25, 0.3) is 0 Å². The minimum absolute atomic E-state index is 0.0354. The summed E-state index contributed by atoms with van der Waals surface area (Å²) in [6.45, 7) is 3.04. The van der Waals surface area contributed by atoms with Crippen molar-refractivity contribution in [2.75, 3.05) is 11.9 Å². The highest BCUT2D eigenvalue weighted by Gasteiger charge is 2.10. The first kappa shape index (κ1) is 13.5. The van der Waals surface area contributed by atoms with E-state index in [0.29, 0.717) is 10.2 Å². The van der Waals surface area contributed by atoms with E-state index in [-0.39, 0.29) is 18.2 Å². The van der Waals surface area contributed by atoms with E-state index in [9.17, 15) is 14.7 Å². The number of aryl methyl sites for hydroxylation is 1. The van der Waals surface area contributed by atoms with Crippen LogP contribution in [0.1, 0.15) is 12.5 Å². The summed E-state index contributed by atoms with van der Waals surface area (Å²) in [4.78, 5) is 22.1. The molecule has 0 atom stereocenters. The smallest absolute Gasteiger partial charge is 0.243 e. The maximum Gasteiger partial charge on any atom is 0.243 e. The molecule has 6 heteroatoms. The molecule has 0 aromatic heterocycles. The van der Waals surface area contributed by atoms with Crippen LogP contribution in [0.2, 0.25) is 0 Å². The van der Waals surface area contributed by atoms with Gasteiger partial charge < -0.3 is 15.7 Å². The van der Waals surface area contributed by atoms with Crippen LogP contribution in [-0.2, 0) is 9.59 Å². The average Bonchev–Trinajstić information content (AvgIpc) is 2.22. The number of benzene rings is 1. The Morgan fingerprint density at radius 1 is 1.41 bits per heavy atom. The Bertz CT molecular complexity index is 460. The van der Waals surface area contributed by atoms with E-state index in [1.54, 1.807) is 12.1 Å². The van der Waals surface area contributed by atoms with Crippen molar-refractivity contribution in [3.63, 3.8) is 0 Å². The van der Waals surface area contributed by atoms with Gasteiger partial charge in [0.2, 0.25) is 11.8 Å². The van der Waals surface area contributed by atoms with Crippen LogP contribution < -0.4 is 10.6 Å². The molecule has 0 unspecified atom stereocenters. The molecule has 0 aliphatic heterocycles. The van der Waals surface area contributed by atoms with Crippen LogP contribution in [0.15, 0.2) is 16.6 Å². The lowest BCUT2D eigenvalue weighted by molar-refractivity contribution is -0.122. The molecule has 0 heterocycles. The lowest BCUT2D eigenvalue weighted by Gasteiger charge is -2.10. The van der Waals surface area contributed by atoms with Gasteiger partial charge in [-0.1, -0.05) is 0 Å². The van der Waals surface area contributed by atoms with E-state index < -0.39 is 5.91 Å². The van der Waals surface area contributed by atoms with Gasteiger partial charge in [0.05, 0.1) is 16.7 Å². The van der Waals surface area contributed by atoms with E-state index in [0.717, 1.165) is 5.56 Å². The normalized spacial score (nSPS) is 9.82. The topological polar surface area (TPSA) is 78.4 Å². The van der Waals surface area contributed by atoms with Crippen molar-refractivity contribution in [3.05, 3.63) is 22.2 Å². The van der Waals surface area contributed by atoms with Crippen molar-refractivity contribution in [2.24, 2.45) is 0 Å². The molecular formula is C11H13BrN2O3. The lowest BCUT2D eigenvalue weighted by Crippen LogP contribution is -2.31. The zero-order valence-electron chi connectivity index (χ0n) is 9.50. The fourth-order valence-corrected chi connectivity index (χ4v) is 1.80. The molecule has 0 aliphatic carbocycles. The summed E-state index contributed by atoms with van der Waals surface area (Å²) in [5, 5.41) is 14.6. The molecule has 92 valence electrons. The van der Waals surface area contributed by atoms with Crippen LogP contribution >= 0.6 is 15.9 Å². The van der Waals surface area contributed by atoms with Gasteiger partial charge >= 0.3 is 0 Å². The van der Waals surface area contributed by atoms with Gasteiger partial charge in [0.1, 0.15) is 0 Å². The quantitative estimate of drug-likeness (QED) is 0.741. The minimum Gasteiger partial charge on any atom is -0.505 e. The summed E-state index contributed by atoms with van der Waals surface area (Å²) in [6.07, 6.45) is 0. The van der Waals surface area contributed by atoms with Gasteiger partial charge in [-0.15, -0.1) is 0 Å². The standard InChI is InChI=1S/C11H13BrN2O3/c1-6-3-8(12)11(17)9(4-6)14-10(16)5-13-7(2)15/h3-4,17H,5H2,1-2H3,(H,13,15)(H,14,16). The molecule has 0 bridgehead atoms. The Morgan fingerprint density at radius 2 is 2.06 bits per heavy atom. The van der Waals surface area contributed by atoms with Crippen LogP contribution in [0.4, 0.5) is 5.69 Å². The Hall–Kier alpha value is -1.56. The van der Waals surface area contributed by atoms with E-state index >= 15 is 0 Å². The second-order valence-electron chi connectivity index (χ2n) is 3.60. The SMILES string of the molecule is CC(=O)NCC(=O)Nc1cc(C)cc(Br)c1O. The maximum absolute atomic E-state index is 11.4. The number of hydrogen-bond donors (Lipinski definition) is 3. The lowest BCUT2D eigenvalue weighted by atomic mass is 10.2. The number of amides is 2. The van der Waals surface area contributed by atoms with Crippen LogP contribution in [0.3, 0.4) is 0 Å². The molecule has 17 heavy (non-hydrogen) atoms. The van der Waals surface area contributed by atoms with Crippen LogP contribution in [0, 0.1) is 6.92 Å². The first-order valence-corrected chi connectivity index (χ1v) is 5.73. The van der Waals surface area contributed by atoms with Gasteiger partial charge in [-0.3, -0.25) is 9.59 Å². The van der Waals surface area contributed by atoms with Crippen molar-refractivity contribution in [1.82, 2.24) is 5.32 Å². The molecule has 0 aliphatic rings. The molecule has 1 aromatic carbocycles. The third-order valence-electron chi connectivity index (χ3n) is 1.98. The van der Waals surface area contributed by atoms with E-state index in [4.69, 9.17) is 0 Å². The van der Waals surface area contributed by atoms with Crippen molar-refractivity contribution < 1.29 is 14.7 Å². The largest absolute Gasteiger partial charge is 0.505 e. The summed E-state index contributed by atoms with van der Waals surface area (Å²) in [5.41, 5.74) is 1.21. The molecule has 3 N–H and O–H groups in total. The van der Waals surface area contributed by atoms with Gasteiger partial charge in [-0.2, -0.15) is 0 Å². The number of phenolic OH excluding ortho intramolecular Hbond substituents is 1. The summed E-state index contributed by atoms with van der Waals surface area (Å²) in [6, 6.07) is 3.38. The van der Waals surface area contributed by atoms with E-state index in [2.05, 4.69) is 26.6 Å². The zero-order chi connectivity index (χ0) is 13.0. The Labute approximate surface area is 107 Å². The van der Waals surface area contributed by atoms with Crippen molar-refractivity contribution in [3.8, 4) is 5.75 Å². The number of carbonyl (C=O) groups excluding carboxylic acids is 2. The number of nitrogens with one attached hydrogen (secondary N) is 2. The molecule has 0 saturated carbocycles. The summed E-state index contributed by atoms with van der Waals surface area (Å²) < 4.78 is 0.507. The third-order valence-corrected chi connectivity index (χ3v) is 2.58. The molecule has 0 fully saturated rings. The van der Waals surface area contributed by atoms with Crippen molar-refractivity contribution in [2.45, 2.75) is 13.8 Å². The number of anilines is 1. The molecule has 0 radical (unpaired) electrons. The summed E-state index contributed by atoms with van der Waals surface area (Å²) in [5.74, 6) is -0.713. The number of rotatable bonds is 3. The first-order valence-electron chi connectivity index (χ1n) is 4.93. The Morgan fingerprint density at radius 3 is 2.65 bits per heavy atom. The molecule has 0 saturated heterocycles. The number of aromatic hydroxyl groups is 1. The number of hydrogen-bond acceptors (Lipinski definition) is 3. The van der Waals surface area contributed by atoms with E-state index in [1.165, 1.54) is 6.92 Å². The summed E-state index contributed by atoms with van der Waals surface area (Å²) in [7, 11) is 0. The predicted molar refractivity (Wildman–Crippen MR) is 67.9 cm³/mol. The fourth-order valence-electron chi connectivity index (χ4n) is 1.23. The molecule has 1 rings (SSSR count). The number of phenols is 1. The second-order valence-corrected chi connectivity index (χ2v) is 4.46. The zero-order valence-corrected chi connectivity index (χ0v) is 11.1. The van der Waals surface area contributed by atoms with Crippen LogP contribution in [-0.4, -0.2) is 23.5 Å². The van der Waals surface area contributed by atoms with Gasteiger partial charge in [-0.05, 0) is 40.5 Å². The average molecular weight is 301 g/mol. The molecule has 2 amide bonds. The third kappa shape index (κ3) is 4.07. The predicted octanol–water partition coefficient (Wildman–Crippen LogP) is 1.54. The highest BCUT2D eigenvalue weighted by molar-refractivity contribution is 9.10. The fraction of sp³-hybridized carbons (Fsp3) is 0.273. The van der Waals surface area contributed by atoms with E-state index in [1.807, 2.05) is 6.92 Å². The monoisotopic (exact) mass is 300 g/mol. The highest BCUT2D eigenvalue weighted by Crippen LogP contribution is 2.33. The van der Waals surface area contributed by atoms with Gasteiger partial charge in [0, 0.05) is 6.92 Å². The minimum atomic E-state index is -0.395. The second kappa shape index (κ2) is 5.67. The number of halogens is 1. The Balaban J connectivity index is 2.74.